The number of hydrogen-bond donors (Lipinski definition) is 0. The van der Waals surface area contributed by atoms with Gasteiger partial charge in [0.2, 0.25) is 0 Å². The van der Waals surface area contributed by atoms with Crippen molar-refractivity contribution in [1.29, 1.82) is 10.5 Å². The number of rotatable bonds is 18. The van der Waals surface area contributed by atoms with E-state index in [0.717, 1.165) is 35.9 Å². The second kappa shape index (κ2) is 18.9. The van der Waals surface area contributed by atoms with Crippen LogP contribution in [-0.4, -0.2) is 26.2 Å². The summed E-state index contributed by atoms with van der Waals surface area (Å²) in [6.45, 7) is 13.2. The fraction of sp³-hybridized carbons (Fsp3) is 0.444. The SMILES string of the molecule is CCCCN(CCCC)c1ccc(/C=C/C2=CC(=C(C#N)C#N)C=C(/C=C/c3ccc(N(CCCC)CCCC)s3)O2)s1. The molecule has 1 aliphatic rings. The molecule has 3 rings (SSSR count). The summed E-state index contributed by atoms with van der Waals surface area (Å²) in [6.07, 6.45) is 21.0. The van der Waals surface area contributed by atoms with Crippen molar-refractivity contribution in [3.05, 3.63) is 81.0 Å². The Morgan fingerprint density at radius 2 is 1.05 bits per heavy atom. The van der Waals surface area contributed by atoms with Gasteiger partial charge >= 0.3 is 0 Å². The van der Waals surface area contributed by atoms with Crippen LogP contribution in [-0.2, 0) is 4.74 Å². The second-order valence-electron chi connectivity index (χ2n) is 10.7. The van der Waals surface area contributed by atoms with Crippen molar-refractivity contribution in [3.63, 3.8) is 0 Å². The van der Waals surface area contributed by atoms with E-state index in [1.54, 1.807) is 34.8 Å². The van der Waals surface area contributed by atoms with Crippen molar-refractivity contribution in [2.24, 2.45) is 0 Å². The van der Waals surface area contributed by atoms with Crippen LogP contribution in [0.5, 0.6) is 0 Å². The molecule has 3 heterocycles. The van der Waals surface area contributed by atoms with E-state index in [9.17, 15) is 10.5 Å². The number of nitriles is 2. The molecule has 0 spiro atoms. The van der Waals surface area contributed by atoms with Crippen LogP contribution in [0.25, 0.3) is 12.2 Å². The zero-order valence-corrected chi connectivity index (χ0v) is 27.9. The maximum atomic E-state index is 9.55. The summed E-state index contributed by atoms with van der Waals surface area (Å²) in [7, 11) is 0. The van der Waals surface area contributed by atoms with Gasteiger partial charge in [0.25, 0.3) is 0 Å². The molecule has 0 unspecified atom stereocenters. The summed E-state index contributed by atoms with van der Waals surface area (Å²) in [6, 6.07) is 12.8. The van der Waals surface area contributed by atoms with Crippen molar-refractivity contribution < 1.29 is 4.74 Å². The topological polar surface area (TPSA) is 63.3 Å². The number of ether oxygens (including phenoxy) is 1. The molecule has 0 aliphatic carbocycles. The minimum atomic E-state index is 0.0712. The molecular formula is C36H46N4OS2. The predicted molar refractivity (Wildman–Crippen MR) is 186 cm³/mol. The molecular weight excluding hydrogens is 569 g/mol. The maximum absolute atomic E-state index is 9.55. The molecule has 2 aromatic rings. The first-order valence-electron chi connectivity index (χ1n) is 15.8. The fourth-order valence-electron chi connectivity index (χ4n) is 4.60. The smallest absolute Gasteiger partial charge is 0.137 e. The minimum absolute atomic E-state index is 0.0712. The van der Waals surface area contributed by atoms with Gasteiger partial charge in [-0.15, -0.1) is 22.7 Å². The molecule has 5 nitrogen and oxygen atoms in total. The van der Waals surface area contributed by atoms with Gasteiger partial charge in [0, 0.05) is 41.5 Å². The Labute approximate surface area is 267 Å². The largest absolute Gasteiger partial charge is 0.457 e. The molecule has 0 N–H and O–H groups in total. The van der Waals surface area contributed by atoms with Gasteiger partial charge in [0.15, 0.2) is 0 Å². The van der Waals surface area contributed by atoms with Crippen molar-refractivity contribution in [2.75, 3.05) is 36.0 Å². The average Bonchev–Trinajstić information content (AvgIpc) is 3.70. The Morgan fingerprint density at radius 1 is 0.651 bits per heavy atom. The maximum Gasteiger partial charge on any atom is 0.137 e. The summed E-state index contributed by atoms with van der Waals surface area (Å²) < 4.78 is 6.20. The van der Waals surface area contributed by atoms with Crippen LogP contribution in [0.15, 0.2) is 71.2 Å². The number of anilines is 2. The average molecular weight is 615 g/mol. The molecule has 0 saturated carbocycles. The van der Waals surface area contributed by atoms with E-state index in [2.05, 4.69) is 61.8 Å². The van der Waals surface area contributed by atoms with Crippen LogP contribution in [0.2, 0.25) is 0 Å². The lowest BCUT2D eigenvalue weighted by atomic mass is 10.1. The van der Waals surface area contributed by atoms with E-state index in [0.29, 0.717) is 17.1 Å². The first-order valence-corrected chi connectivity index (χ1v) is 17.4. The number of thiophene rings is 2. The van der Waals surface area contributed by atoms with Gasteiger partial charge in [-0.05, 0) is 86.4 Å². The van der Waals surface area contributed by atoms with Gasteiger partial charge in [-0.1, -0.05) is 53.4 Å². The van der Waals surface area contributed by atoms with Crippen molar-refractivity contribution in [1.82, 2.24) is 0 Å². The molecule has 0 atom stereocenters. The normalized spacial score (nSPS) is 13.0. The lowest BCUT2D eigenvalue weighted by Crippen LogP contribution is -2.24. The van der Waals surface area contributed by atoms with Crippen LogP contribution in [0, 0.1) is 22.7 Å². The summed E-state index contributed by atoms with van der Waals surface area (Å²) >= 11 is 3.55. The molecule has 2 aromatic heterocycles. The van der Waals surface area contributed by atoms with Crippen LogP contribution in [0.4, 0.5) is 10.0 Å². The van der Waals surface area contributed by atoms with E-state index < -0.39 is 0 Å². The molecule has 228 valence electrons. The number of nitrogens with zero attached hydrogens (tertiary/aromatic N) is 4. The third-order valence-corrected chi connectivity index (χ3v) is 9.36. The van der Waals surface area contributed by atoms with Crippen LogP contribution in [0.3, 0.4) is 0 Å². The highest BCUT2D eigenvalue weighted by molar-refractivity contribution is 7.17. The Kier molecular flexibility index (Phi) is 14.9. The van der Waals surface area contributed by atoms with Gasteiger partial charge < -0.3 is 14.5 Å². The number of hydrogen-bond acceptors (Lipinski definition) is 7. The van der Waals surface area contributed by atoms with Crippen molar-refractivity contribution in [3.8, 4) is 12.1 Å². The summed E-state index contributed by atoms with van der Waals surface area (Å²) in [5.74, 6) is 1.20. The van der Waals surface area contributed by atoms with Crippen LogP contribution in [0.1, 0.15) is 88.8 Å². The lowest BCUT2D eigenvalue weighted by molar-refractivity contribution is 0.332. The van der Waals surface area contributed by atoms with Gasteiger partial charge in [0.05, 0.1) is 10.0 Å². The molecule has 0 aromatic carbocycles. The highest BCUT2D eigenvalue weighted by atomic mass is 32.1. The second-order valence-corrected chi connectivity index (χ2v) is 12.8. The number of allylic oxidation sites excluding steroid dienone is 6. The first-order chi connectivity index (χ1) is 21.0. The van der Waals surface area contributed by atoms with Gasteiger partial charge in [0.1, 0.15) is 29.2 Å². The van der Waals surface area contributed by atoms with Gasteiger partial charge in [-0.2, -0.15) is 10.5 Å². The third kappa shape index (κ3) is 10.9. The Bertz CT molecular complexity index is 1270. The van der Waals surface area contributed by atoms with Crippen LogP contribution < -0.4 is 9.80 Å². The van der Waals surface area contributed by atoms with E-state index in [4.69, 9.17) is 4.74 Å². The first kappa shape index (κ1) is 34.0. The minimum Gasteiger partial charge on any atom is -0.457 e. The van der Waals surface area contributed by atoms with Crippen molar-refractivity contribution >= 4 is 44.8 Å². The molecule has 7 heteroatoms. The van der Waals surface area contributed by atoms with E-state index in [1.807, 2.05) is 36.4 Å². The highest BCUT2D eigenvalue weighted by Gasteiger charge is 2.14. The molecule has 1 aliphatic heterocycles. The van der Waals surface area contributed by atoms with E-state index in [1.165, 1.54) is 61.4 Å². The van der Waals surface area contributed by atoms with Gasteiger partial charge in [-0.25, -0.2) is 0 Å². The standard InChI is InChI=1S/C36H46N4OS2/c1-5-9-21-39(22-10-6-2)35-19-17-33(42-35)15-13-31-25-29(30(27-37)28-38)26-32(41-31)14-16-34-18-20-36(43-34)40(23-11-7-3)24-12-8-4/h13-20,25-26H,5-12,21-24H2,1-4H3/b15-13+,16-14+. The Morgan fingerprint density at radius 3 is 1.40 bits per heavy atom. The van der Waals surface area contributed by atoms with Crippen molar-refractivity contribution in [2.45, 2.75) is 79.1 Å². The molecule has 0 fully saturated rings. The third-order valence-electron chi connectivity index (χ3n) is 7.14. The van der Waals surface area contributed by atoms with Crippen LogP contribution >= 0.6 is 22.7 Å². The zero-order valence-electron chi connectivity index (χ0n) is 26.3. The Hall–Kier alpha value is -3.52. The summed E-state index contributed by atoms with van der Waals surface area (Å²) in [5, 5.41) is 21.7. The van der Waals surface area contributed by atoms with E-state index in [-0.39, 0.29) is 5.57 Å². The lowest BCUT2D eigenvalue weighted by Gasteiger charge is -2.22. The predicted octanol–water partition coefficient (Wildman–Crippen LogP) is 10.5. The molecule has 0 bridgehead atoms. The van der Waals surface area contributed by atoms with E-state index >= 15 is 0 Å². The zero-order chi connectivity index (χ0) is 30.9. The monoisotopic (exact) mass is 614 g/mol. The molecule has 0 saturated heterocycles. The fourth-order valence-corrected chi connectivity index (χ4v) is 6.52. The summed E-state index contributed by atoms with van der Waals surface area (Å²) in [5.41, 5.74) is 0.631. The molecule has 0 amide bonds. The Balaban J connectivity index is 1.78. The quantitative estimate of drug-likeness (QED) is 0.156. The highest BCUT2D eigenvalue weighted by Crippen LogP contribution is 2.31. The summed E-state index contributed by atoms with van der Waals surface area (Å²) in [4.78, 5) is 7.26. The molecule has 0 radical (unpaired) electrons. The van der Waals surface area contributed by atoms with Gasteiger partial charge in [-0.3, -0.25) is 0 Å². The number of unbranched alkanes of at least 4 members (excludes halogenated alkanes) is 4. The molecule has 43 heavy (non-hydrogen) atoms.